The lowest BCUT2D eigenvalue weighted by Gasteiger charge is -2.36. The van der Waals surface area contributed by atoms with E-state index >= 15 is 0 Å². The number of para-hydroxylation sites is 1. The number of esters is 1. The van der Waals surface area contributed by atoms with Crippen LogP contribution in [0.5, 0.6) is 0 Å². The monoisotopic (exact) mass is 379 g/mol. The molecule has 4 nitrogen and oxygen atoms in total. The summed E-state index contributed by atoms with van der Waals surface area (Å²) in [5.74, 6) is 1.37. The van der Waals surface area contributed by atoms with Crippen LogP contribution >= 0.6 is 11.6 Å². The molecule has 0 aromatic heterocycles. The van der Waals surface area contributed by atoms with Crippen LogP contribution in [-0.4, -0.2) is 23.9 Å². The molecular formula is C21H30ClNO3. The number of carbonyl (C=O) groups is 2. The summed E-state index contributed by atoms with van der Waals surface area (Å²) in [6.07, 6.45) is 4.06. The molecule has 1 aromatic rings. The lowest BCUT2D eigenvalue weighted by atomic mass is 9.75. The van der Waals surface area contributed by atoms with Gasteiger partial charge in [-0.3, -0.25) is 4.79 Å². The van der Waals surface area contributed by atoms with E-state index in [1.165, 1.54) is 6.42 Å². The molecule has 3 atom stereocenters. The lowest BCUT2D eigenvalue weighted by Crippen LogP contribution is -2.36. The van der Waals surface area contributed by atoms with Crippen LogP contribution < -0.4 is 5.32 Å². The smallest absolute Gasteiger partial charge is 0.340 e. The molecule has 0 aliphatic heterocycles. The average molecular weight is 380 g/mol. The van der Waals surface area contributed by atoms with Crippen molar-refractivity contribution in [3.05, 3.63) is 29.8 Å². The Morgan fingerprint density at radius 2 is 2.00 bits per heavy atom. The first-order chi connectivity index (χ1) is 12.4. The number of rotatable bonds is 7. The standard InChI is InChI=1S/C21H30ClNO3/c1-14(2)16-11-10-15(3)13-19(16)26-21(25)17-7-4-5-8-18(17)23-20(24)9-6-12-22/h4-5,7-8,14-16,19H,6,9-13H2,1-3H3,(H,23,24)/t15-,16-,19-/m1/s1. The van der Waals surface area contributed by atoms with Gasteiger partial charge >= 0.3 is 5.97 Å². The van der Waals surface area contributed by atoms with Crippen molar-refractivity contribution in [1.29, 1.82) is 0 Å². The Labute approximate surface area is 161 Å². The Kier molecular flexibility index (Phi) is 7.95. The first kappa shape index (κ1) is 20.8. The summed E-state index contributed by atoms with van der Waals surface area (Å²) in [6, 6.07) is 7.02. The number of hydrogen-bond donors (Lipinski definition) is 1. The third kappa shape index (κ3) is 5.73. The molecule has 1 N–H and O–H groups in total. The molecule has 26 heavy (non-hydrogen) atoms. The highest BCUT2D eigenvalue weighted by molar-refractivity contribution is 6.18. The molecule has 2 rings (SSSR count). The number of halogens is 1. The average Bonchev–Trinajstić information content (AvgIpc) is 2.60. The van der Waals surface area contributed by atoms with Crippen molar-refractivity contribution in [1.82, 2.24) is 0 Å². The van der Waals surface area contributed by atoms with Crippen molar-refractivity contribution in [2.24, 2.45) is 17.8 Å². The summed E-state index contributed by atoms with van der Waals surface area (Å²) >= 11 is 5.64. The molecule has 1 aliphatic carbocycles. The summed E-state index contributed by atoms with van der Waals surface area (Å²) in [4.78, 5) is 24.8. The maximum atomic E-state index is 12.8. The second kappa shape index (κ2) is 9.96. The number of benzene rings is 1. The minimum atomic E-state index is -0.358. The van der Waals surface area contributed by atoms with Gasteiger partial charge in [0.05, 0.1) is 11.3 Å². The van der Waals surface area contributed by atoms with Crippen LogP contribution in [0.15, 0.2) is 24.3 Å². The van der Waals surface area contributed by atoms with Gasteiger partial charge in [-0.15, -0.1) is 11.6 Å². The number of anilines is 1. The highest BCUT2D eigenvalue weighted by Gasteiger charge is 2.34. The Balaban J connectivity index is 2.10. The molecule has 0 heterocycles. The van der Waals surface area contributed by atoms with Crippen molar-refractivity contribution in [3.63, 3.8) is 0 Å². The SMILES string of the molecule is CC(C)[C@H]1CC[C@@H](C)C[C@H]1OC(=O)c1ccccc1NC(=O)CCCCl. The quantitative estimate of drug-likeness (QED) is 0.519. The second-order valence-electron chi connectivity index (χ2n) is 7.66. The number of hydrogen-bond acceptors (Lipinski definition) is 3. The highest BCUT2D eigenvalue weighted by atomic mass is 35.5. The maximum absolute atomic E-state index is 12.8. The Hall–Kier alpha value is -1.55. The summed E-state index contributed by atoms with van der Waals surface area (Å²) in [5.41, 5.74) is 0.912. The topological polar surface area (TPSA) is 55.4 Å². The Morgan fingerprint density at radius 3 is 2.69 bits per heavy atom. The Morgan fingerprint density at radius 1 is 1.27 bits per heavy atom. The molecule has 1 amide bonds. The third-order valence-corrected chi connectivity index (χ3v) is 5.45. The van der Waals surface area contributed by atoms with E-state index in [2.05, 4.69) is 26.1 Å². The van der Waals surface area contributed by atoms with Crippen LogP contribution in [0, 0.1) is 17.8 Å². The van der Waals surface area contributed by atoms with E-state index in [1.807, 2.05) is 0 Å². The van der Waals surface area contributed by atoms with Gasteiger partial charge in [0.2, 0.25) is 5.91 Å². The Bertz CT molecular complexity index is 617. The van der Waals surface area contributed by atoms with E-state index < -0.39 is 0 Å². The van der Waals surface area contributed by atoms with Gasteiger partial charge in [-0.05, 0) is 49.1 Å². The zero-order valence-electron chi connectivity index (χ0n) is 16.0. The molecule has 1 aliphatic rings. The van der Waals surface area contributed by atoms with Crippen molar-refractivity contribution in [3.8, 4) is 0 Å². The van der Waals surface area contributed by atoms with Crippen LogP contribution in [0.2, 0.25) is 0 Å². The number of nitrogens with one attached hydrogen (secondary N) is 1. The first-order valence-corrected chi connectivity index (χ1v) is 10.1. The lowest BCUT2D eigenvalue weighted by molar-refractivity contribution is -0.116. The number of amides is 1. The normalized spacial score (nSPS) is 22.9. The van der Waals surface area contributed by atoms with E-state index in [1.54, 1.807) is 24.3 Å². The van der Waals surface area contributed by atoms with E-state index in [0.717, 1.165) is 12.8 Å². The van der Waals surface area contributed by atoms with E-state index in [4.69, 9.17) is 16.3 Å². The van der Waals surface area contributed by atoms with Crippen molar-refractivity contribution < 1.29 is 14.3 Å². The van der Waals surface area contributed by atoms with Gasteiger partial charge in [0.25, 0.3) is 0 Å². The zero-order chi connectivity index (χ0) is 19.1. The summed E-state index contributed by atoms with van der Waals surface area (Å²) in [5, 5.41) is 2.81. The number of ether oxygens (including phenoxy) is 1. The summed E-state index contributed by atoms with van der Waals surface area (Å²) in [7, 11) is 0. The molecule has 0 unspecified atom stereocenters. The molecule has 1 fully saturated rings. The molecule has 0 spiro atoms. The predicted octanol–water partition coefficient (Wildman–Crippen LogP) is 5.26. The first-order valence-electron chi connectivity index (χ1n) is 9.58. The minimum Gasteiger partial charge on any atom is -0.458 e. The fourth-order valence-electron chi connectivity index (χ4n) is 3.66. The molecular weight excluding hydrogens is 350 g/mol. The van der Waals surface area contributed by atoms with Crippen LogP contribution in [-0.2, 0) is 9.53 Å². The second-order valence-corrected chi connectivity index (χ2v) is 8.03. The molecule has 0 saturated heterocycles. The molecule has 5 heteroatoms. The van der Waals surface area contributed by atoms with Crippen LogP contribution in [0.1, 0.15) is 63.2 Å². The van der Waals surface area contributed by atoms with Gasteiger partial charge in [0, 0.05) is 12.3 Å². The molecule has 144 valence electrons. The van der Waals surface area contributed by atoms with Gasteiger partial charge in [0.15, 0.2) is 0 Å². The van der Waals surface area contributed by atoms with Crippen molar-refractivity contribution in [2.75, 3.05) is 11.2 Å². The number of alkyl halides is 1. The van der Waals surface area contributed by atoms with E-state index in [0.29, 0.717) is 47.7 Å². The minimum absolute atomic E-state index is 0.0637. The van der Waals surface area contributed by atoms with Gasteiger partial charge in [-0.25, -0.2) is 4.79 Å². The summed E-state index contributed by atoms with van der Waals surface area (Å²) in [6.45, 7) is 6.58. The van der Waals surface area contributed by atoms with Gasteiger partial charge in [-0.1, -0.05) is 39.3 Å². The fourth-order valence-corrected chi connectivity index (χ4v) is 3.80. The third-order valence-electron chi connectivity index (χ3n) is 5.18. The molecule has 1 aromatic carbocycles. The van der Waals surface area contributed by atoms with Gasteiger partial charge in [0.1, 0.15) is 6.10 Å². The van der Waals surface area contributed by atoms with Crippen molar-refractivity contribution in [2.45, 2.75) is 59.0 Å². The molecule has 1 saturated carbocycles. The van der Waals surface area contributed by atoms with Gasteiger partial charge < -0.3 is 10.1 Å². The zero-order valence-corrected chi connectivity index (χ0v) is 16.7. The molecule has 0 radical (unpaired) electrons. The van der Waals surface area contributed by atoms with Crippen molar-refractivity contribution >= 4 is 29.2 Å². The van der Waals surface area contributed by atoms with Crippen LogP contribution in [0.3, 0.4) is 0 Å². The van der Waals surface area contributed by atoms with Crippen LogP contribution in [0.25, 0.3) is 0 Å². The highest BCUT2D eigenvalue weighted by Crippen LogP contribution is 2.36. The largest absolute Gasteiger partial charge is 0.458 e. The molecule has 0 bridgehead atoms. The fraction of sp³-hybridized carbons (Fsp3) is 0.619. The van der Waals surface area contributed by atoms with E-state index in [9.17, 15) is 9.59 Å². The predicted molar refractivity (Wildman–Crippen MR) is 106 cm³/mol. The van der Waals surface area contributed by atoms with Crippen LogP contribution in [0.4, 0.5) is 5.69 Å². The summed E-state index contributed by atoms with van der Waals surface area (Å²) < 4.78 is 5.91. The van der Waals surface area contributed by atoms with E-state index in [-0.39, 0.29) is 18.0 Å². The number of carbonyl (C=O) groups excluding carboxylic acids is 2. The maximum Gasteiger partial charge on any atom is 0.340 e. The van der Waals surface area contributed by atoms with Gasteiger partial charge in [-0.2, -0.15) is 0 Å².